The van der Waals surface area contributed by atoms with Crippen molar-refractivity contribution in [2.75, 3.05) is 0 Å². The number of rotatable bonds is 4. The topological polar surface area (TPSA) is 88.3 Å². The quantitative estimate of drug-likeness (QED) is 0.628. The Morgan fingerprint density at radius 2 is 1.50 bits per heavy atom. The Morgan fingerprint density at radius 3 is 2.00 bits per heavy atom. The van der Waals surface area contributed by atoms with E-state index in [-0.39, 0.29) is 21.5 Å². The van der Waals surface area contributed by atoms with Crippen LogP contribution in [-0.4, -0.2) is 13.5 Å². The van der Waals surface area contributed by atoms with Crippen molar-refractivity contribution < 1.29 is 21.6 Å². The maximum atomic E-state index is 12.3. The summed E-state index contributed by atoms with van der Waals surface area (Å²) in [5.74, 6) is -0.451. The summed E-state index contributed by atoms with van der Waals surface area (Å²) in [5.41, 5.74) is 0.656. The van der Waals surface area contributed by atoms with Crippen LogP contribution < -0.4 is 4.18 Å². The normalized spacial score (nSPS) is 11.8. The summed E-state index contributed by atoms with van der Waals surface area (Å²) in [6, 6.07) is 7.88. The molecule has 0 radical (unpaired) electrons. The second-order valence-corrected chi connectivity index (χ2v) is 5.70. The zero-order valence-electron chi connectivity index (χ0n) is 10.6. The molecule has 10 heteroatoms. The lowest BCUT2D eigenvalue weighted by Gasteiger charge is -2.01. The average molecular weight is 365 g/mol. The molecule has 6 nitrogen and oxygen atoms in total. The third kappa shape index (κ3) is 4.55. The lowest BCUT2D eigenvalue weighted by atomic mass is 10.3. The fraction of sp³-hybridized carbons (Fsp3) is 0. The molecule has 0 saturated heterocycles. The number of hydrogen-bond donors (Lipinski definition) is 1. The van der Waals surface area contributed by atoms with Crippen LogP contribution in [0.2, 0.25) is 10.0 Å². The Hall–Kier alpha value is -1.90. The highest BCUT2D eigenvalue weighted by Gasteiger charge is 2.09. The molecule has 0 spiro atoms. The number of azo groups is 1. The van der Waals surface area contributed by atoms with Gasteiger partial charge in [0, 0.05) is 0 Å². The van der Waals surface area contributed by atoms with Crippen molar-refractivity contribution in [2.24, 2.45) is 10.2 Å². The Balaban J connectivity index is 2.17. The first kappa shape index (κ1) is 16.5. The second kappa shape index (κ2) is 6.47. The van der Waals surface area contributed by atoms with Crippen molar-refractivity contribution in [3.05, 3.63) is 46.4 Å². The second-order valence-electron chi connectivity index (χ2n) is 3.93. The molecule has 0 amide bonds. The third-order valence-electron chi connectivity index (χ3n) is 2.32. The van der Waals surface area contributed by atoms with E-state index in [1.165, 1.54) is 36.4 Å². The van der Waals surface area contributed by atoms with Crippen LogP contribution in [0.4, 0.5) is 15.3 Å². The molecule has 116 valence electrons. The fourth-order valence-electron chi connectivity index (χ4n) is 1.41. The maximum absolute atomic E-state index is 12.3. The molecule has 0 heterocycles. The number of nitrogens with zero attached hydrogens (tertiary/aromatic N) is 2. The predicted octanol–water partition coefficient (Wildman–Crippen LogP) is 4.71. The first-order valence-corrected chi connectivity index (χ1v) is 7.65. The summed E-state index contributed by atoms with van der Waals surface area (Å²) < 4.78 is 37.0. The molecule has 22 heavy (non-hydrogen) atoms. The van der Waals surface area contributed by atoms with Crippen molar-refractivity contribution in [1.82, 2.24) is 0 Å². The highest BCUT2D eigenvalue weighted by Crippen LogP contribution is 2.36. The molecule has 0 aliphatic heterocycles. The monoisotopic (exact) mass is 364 g/mol. The molecule has 0 saturated carbocycles. The zero-order chi connectivity index (χ0) is 16.3. The van der Waals surface area contributed by atoms with Crippen LogP contribution in [0.3, 0.4) is 0 Å². The Bertz CT molecular complexity index is 803. The Kier molecular flexibility index (Phi) is 4.84. The first-order valence-electron chi connectivity index (χ1n) is 5.58. The molecule has 2 rings (SSSR count). The summed E-state index contributed by atoms with van der Waals surface area (Å²) in [4.78, 5) is 0. The van der Waals surface area contributed by atoms with Gasteiger partial charge in [-0.25, -0.2) is 0 Å². The number of hydrogen-bond acceptors (Lipinski definition) is 6. The van der Waals surface area contributed by atoms with Crippen LogP contribution in [0.5, 0.6) is 11.5 Å². The number of benzene rings is 2. The van der Waals surface area contributed by atoms with Crippen LogP contribution in [0.15, 0.2) is 46.6 Å². The first-order chi connectivity index (χ1) is 10.2. The largest absolute Gasteiger partial charge is 0.505 e. The van der Waals surface area contributed by atoms with Crippen molar-refractivity contribution in [2.45, 2.75) is 0 Å². The molecular formula is C12H7Cl2FN2O4S. The standard InChI is InChI=1S/C12H7Cl2FN2O4S/c13-10-5-8(6-11(14)12(10)18)17-16-7-1-3-9(4-2-7)21-22(15,19)20/h1-6,18H. The van der Waals surface area contributed by atoms with E-state index in [1.807, 2.05) is 0 Å². The van der Waals surface area contributed by atoms with E-state index in [2.05, 4.69) is 14.4 Å². The van der Waals surface area contributed by atoms with Gasteiger partial charge in [0.2, 0.25) is 0 Å². The number of phenols is 1. The Labute approximate surface area is 135 Å². The SMILES string of the molecule is O=S(=O)(F)Oc1ccc(N=Nc2cc(Cl)c(O)c(Cl)c2)cc1. The van der Waals surface area contributed by atoms with Gasteiger partial charge in [0.15, 0.2) is 5.75 Å². The van der Waals surface area contributed by atoms with E-state index in [1.54, 1.807) is 0 Å². The summed E-state index contributed by atoms with van der Waals surface area (Å²) in [6.07, 6.45) is 0. The van der Waals surface area contributed by atoms with Gasteiger partial charge in [0.05, 0.1) is 21.4 Å². The minimum Gasteiger partial charge on any atom is -0.505 e. The number of halogens is 3. The molecule has 0 bridgehead atoms. The molecule has 2 aromatic carbocycles. The fourth-order valence-corrected chi connectivity index (χ4v) is 2.23. The van der Waals surface area contributed by atoms with Crippen LogP contribution >= 0.6 is 23.2 Å². The molecule has 0 aliphatic carbocycles. The van der Waals surface area contributed by atoms with Crippen molar-refractivity contribution in [3.8, 4) is 11.5 Å². The highest BCUT2D eigenvalue weighted by molar-refractivity contribution is 7.81. The smallest absolute Gasteiger partial charge is 0.488 e. The molecule has 0 atom stereocenters. The van der Waals surface area contributed by atoms with Gasteiger partial charge in [-0.05, 0) is 36.4 Å². The van der Waals surface area contributed by atoms with Crippen LogP contribution in [0.1, 0.15) is 0 Å². The van der Waals surface area contributed by atoms with E-state index in [0.717, 1.165) is 0 Å². The summed E-state index contributed by atoms with van der Waals surface area (Å²) in [7, 11) is -5.07. The van der Waals surface area contributed by atoms with Gasteiger partial charge in [-0.3, -0.25) is 0 Å². The minimum atomic E-state index is -5.07. The van der Waals surface area contributed by atoms with Gasteiger partial charge < -0.3 is 9.29 Å². The summed E-state index contributed by atoms with van der Waals surface area (Å²) in [5, 5.41) is 17.2. The van der Waals surface area contributed by atoms with Gasteiger partial charge in [0.1, 0.15) is 5.75 Å². The highest BCUT2D eigenvalue weighted by atomic mass is 35.5. The van der Waals surface area contributed by atoms with E-state index in [0.29, 0.717) is 11.4 Å². The lowest BCUT2D eigenvalue weighted by Crippen LogP contribution is -2.00. The molecule has 1 N–H and O–H groups in total. The lowest BCUT2D eigenvalue weighted by molar-refractivity contribution is 0.440. The van der Waals surface area contributed by atoms with Gasteiger partial charge in [0.25, 0.3) is 0 Å². The van der Waals surface area contributed by atoms with Crippen LogP contribution in [0.25, 0.3) is 0 Å². The van der Waals surface area contributed by atoms with Crippen molar-refractivity contribution >= 4 is 45.1 Å². The third-order valence-corrected chi connectivity index (χ3v) is 3.28. The average Bonchev–Trinajstić information content (AvgIpc) is 2.42. The van der Waals surface area contributed by atoms with E-state index < -0.39 is 10.5 Å². The molecule has 0 aliphatic rings. The van der Waals surface area contributed by atoms with E-state index in [9.17, 15) is 17.4 Å². The number of phenolic OH excluding ortho intramolecular Hbond substituents is 1. The van der Waals surface area contributed by atoms with Crippen molar-refractivity contribution in [3.63, 3.8) is 0 Å². The molecular weight excluding hydrogens is 358 g/mol. The van der Waals surface area contributed by atoms with Crippen LogP contribution in [-0.2, 0) is 10.5 Å². The van der Waals surface area contributed by atoms with Crippen molar-refractivity contribution in [1.29, 1.82) is 0 Å². The molecule has 0 aromatic heterocycles. The Morgan fingerprint density at radius 1 is 1.00 bits per heavy atom. The molecule has 0 fully saturated rings. The van der Waals surface area contributed by atoms with Gasteiger partial charge in [-0.1, -0.05) is 27.1 Å². The number of aromatic hydroxyl groups is 1. The zero-order valence-corrected chi connectivity index (χ0v) is 12.9. The van der Waals surface area contributed by atoms with Gasteiger partial charge in [-0.15, -0.1) is 0 Å². The summed E-state index contributed by atoms with van der Waals surface area (Å²) >= 11 is 11.5. The van der Waals surface area contributed by atoms with Gasteiger partial charge >= 0.3 is 10.5 Å². The predicted molar refractivity (Wildman–Crippen MR) is 79.4 cm³/mol. The maximum Gasteiger partial charge on any atom is 0.488 e. The minimum absolute atomic E-state index is 0.0263. The van der Waals surface area contributed by atoms with Crippen LogP contribution in [0, 0.1) is 0 Å². The molecule has 2 aromatic rings. The van der Waals surface area contributed by atoms with Gasteiger partial charge in [-0.2, -0.15) is 18.6 Å². The molecule has 0 unspecified atom stereocenters. The summed E-state index contributed by atoms with van der Waals surface area (Å²) in [6.45, 7) is 0. The van der Waals surface area contributed by atoms with E-state index in [4.69, 9.17) is 23.2 Å². The van der Waals surface area contributed by atoms with E-state index >= 15 is 0 Å².